The van der Waals surface area contributed by atoms with Crippen LogP contribution in [0.15, 0.2) is 24.3 Å². The Labute approximate surface area is 105 Å². The molecular weight excluding hydrogens is 239 g/mol. The van der Waals surface area contributed by atoms with E-state index in [0.717, 1.165) is 19.4 Å². The highest BCUT2D eigenvalue weighted by molar-refractivity contribution is 7.80. The minimum atomic E-state index is -0.281. The van der Waals surface area contributed by atoms with Crippen molar-refractivity contribution in [2.45, 2.75) is 18.9 Å². The van der Waals surface area contributed by atoms with Crippen LogP contribution in [0.5, 0.6) is 0 Å². The SMILES string of the molecule is Fc1cccc(NC(=S)NC[C@@H]2CCCO2)c1. The Balaban J connectivity index is 1.76. The molecule has 0 amide bonds. The number of ether oxygens (including phenoxy) is 1. The Morgan fingerprint density at radius 1 is 1.53 bits per heavy atom. The molecule has 5 heteroatoms. The van der Waals surface area contributed by atoms with E-state index < -0.39 is 0 Å². The molecule has 17 heavy (non-hydrogen) atoms. The molecule has 0 unspecified atom stereocenters. The first-order valence-corrected chi connectivity index (χ1v) is 6.07. The molecule has 1 fully saturated rings. The molecule has 0 saturated carbocycles. The van der Waals surface area contributed by atoms with Gasteiger partial charge in [0.25, 0.3) is 0 Å². The largest absolute Gasteiger partial charge is 0.376 e. The van der Waals surface area contributed by atoms with Crippen LogP contribution < -0.4 is 10.6 Å². The lowest BCUT2D eigenvalue weighted by atomic mass is 10.2. The van der Waals surface area contributed by atoms with E-state index in [1.165, 1.54) is 12.1 Å². The van der Waals surface area contributed by atoms with Crippen LogP contribution in [0.1, 0.15) is 12.8 Å². The van der Waals surface area contributed by atoms with E-state index >= 15 is 0 Å². The third-order valence-corrected chi connectivity index (χ3v) is 2.84. The molecule has 1 atom stereocenters. The van der Waals surface area contributed by atoms with Gasteiger partial charge >= 0.3 is 0 Å². The van der Waals surface area contributed by atoms with E-state index in [-0.39, 0.29) is 11.9 Å². The van der Waals surface area contributed by atoms with Crippen LogP contribution in [0, 0.1) is 5.82 Å². The van der Waals surface area contributed by atoms with E-state index in [2.05, 4.69) is 10.6 Å². The summed E-state index contributed by atoms with van der Waals surface area (Å²) in [6, 6.07) is 6.21. The predicted octanol–water partition coefficient (Wildman–Crippen LogP) is 2.29. The average Bonchev–Trinajstić information content (AvgIpc) is 2.79. The molecule has 1 aliphatic rings. The van der Waals surface area contributed by atoms with Gasteiger partial charge in [-0.15, -0.1) is 0 Å². The number of benzene rings is 1. The third kappa shape index (κ3) is 3.94. The molecule has 92 valence electrons. The van der Waals surface area contributed by atoms with Gasteiger partial charge in [0, 0.05) is 18.8 Å². The molecule has 1 aromatic carbocycles. The number of nitrogens with one attached hydrogen (secondary N) is 2. The maximum Gasteiger partial charge on any atom is 0.170 e. The lowest BCUT2D eigenvalue weighted by Gasteiger charge is -2.13. The zero-order chi connectivity index (χ0) is 12.1. The normalized spacial score (nSPS) is 19.0. The second-order valence-corrected chi connectivity index (χ2v) is 4.39. The van der Waals surface area contributed by atoms with Crippen LogP contribution in [-0.2, 0) is 4.74 Å². The van der Waals surface area contributed by atoms with E-state index in [9.17, 15) is 4.39 Å². The monoisotopic (exact) mass is 254 g/mol. The van der Waals surface area contributed by atoms with Gasteiger partial charge < -0.3 is 15.4 Å². The third-order valence-electron chi connectivity index (χ3n) is 2.60. The Morgan fingerprint density at radius 3 is 3.12 bits per heavy atom. The quantitative estimate of drug-likeness (QED) is 0.811. The van der Waals surface area contributed by atoms with Gasteiger partial charge in [-0.2, -0.15) is 0 Å². The molecule has 0 aromatic heterocycles. The molecule has 1 heterocycles. The van der Waals surface area contributed by atoms with Crippen LogP contribution in [-0.4, -0.2) is 24.4 Å². The first-order chi connectivity index (χ1) is 8.24. The van der Waals surface area contributed by atoms with Gasteiger partial charge in [-0.25, -0.2) is 4.39 Å². The van der Waals surface area contributed by atoms with Gasteiger partial charge in [-0.3, -0.25) is 0 Å². The van der Waals surface area contributed by atoms with Crippen molar-refractivity contribution < 1.29 is 9.13 Å². The summed E-state index contributed by atoms with van der Waals surface area (Å²) in [6.45, 7) is 1.53. The van der Waals surface area contributed by atoms with Crippen molar-refractivity contribution in [2.24, 2.45) is 0 Å². The van der Waals surface area contributed by atoms with Crippen molar-refractivity contribution >= 4 is 23.0 Å². The molecule has 2 rings (SSSR count). The maximum atomic E-state index is 12.9. The highest BCUT2D eigenvalue weighted by Crippen LogP contribution is 2.11. The summed E-state index contributed by atoms with van der Waals surface area (Å²) >= 11 is 5.11. The van der Waals surface area contributed by atoms with E-state index in [1.807, 2.05) is 0 Å². The van der Waals surface area contributed by atoms with Crippen molar-refractivity contribution in [3.63, 3.8) is 0 Å². The zero-order valence-corrected chi connectivity index (χ0v) is 10.2. The minimum Gasteiger partial charge on any atom is -0.376 e. The Morgan fingerprint density at radius 2 is 2.41 bits per heavy atom. The molecular formula is C12H15FN2OS. The van der Waals surface area contributed by atoms with Gasteiger partial charge in [-0.05, 0) is 43.3 Å². The van der Waals surface area contributed by atoms with E-state index in [0.29, 0.717) is 17.3 Å². The molecule has 0 radical (unpaired) electrons. The van der Waals surface area contributed by atoms with Crippen molar-refractivity contribution in [3.05, 3.63) is 30.1 Å². The van der Waals surface area contributed by atoms with Gasteiger partial charge in [0.15, 0.2) is 5.11 Å². The van der Waals surface area contributed by atoms with Gasteiger partial charge in [-0.1, -0.05) is 6.07 Å². The molecule has 0 spiro atoms. The second-order valence-electron chi connectivity index (χ2n) is 3.98. The summed E-state index contributed by atoms with van der Waals surface area (Å²) in [7, 11) is 0. The minimum absolute atomic E-state index is 0.238. The smallest absolute Gasteiger partial charge is 0.170 e. The number of hydrogen-bond donors (Lipinski definition) is 2. The fourth-order valence-corrected chi connectivity index (χ4v) is 1.95. The van der Waals surface area contributed by atoms with E-state index in [1.54, 1.807) is 12.1 Å². The lowest BCUT2D eigenvalue weighted by Crippen LogP contribution is -2.34. The summed E-state index contributed by atoms with van der Waals surface area (Å²) < 4.78 is 18.4. The van der Waals surface area contributed by atoms with Gasteiger partial charge in [0.2, 0.25) is 0 Å². The molecule has 2 N–H and O–H groups in total. The fourth-order valence-electron chi connectivity index (χ4n) is 1.75. The predicted molar refractivity (Wildman–Crippen MR) is 69.6 cm³/mol. The highest BCUT2D eigenvalue weighted by Gasteiger charge is 2.15. The Kier molecular flexibility index (Phi) is 4.28. The molecule has 0 bridgehead atoms. The van der Waals surface area contributed by atoms with E-state index in [4.69, 9.17) is 17.0 Å². The molecule has 1 aromatic rings. The van der Waals surface area contributed by atoms with Crippen molar-refractivity contribution in [3.8, 4) is 0 Å². The van der Waals surface area contributed by atoms with Crippen LogP contribution in [0.25, 0.3) is 0 Å². The number of anilines is 1. The Hall–Kier alpha value is -1.20. The molecule has 1 aliphatic heterocycles. The topological polar surface area (TPSA) is 33.3 Å². The summed E-state index contributed by atoms with van der Waals surface area (Å²) in [5, 5.41) is 6.49. The highest BCUT2D eigenvalue weighted by atomic mass is 32.1. The zero-order valence-electron chi connectivity index (χ0n) is 9.41. The van der Waals surface area contributed by atoms with Crippen LogP contribution >= 0.6 is 12.2 Å². The van der Waals surface area contributed by atoms with Gasteiger partial charge in [0.1, 0.15) is 5.82 Å². The van der Waals surface area contributed by atoms with Crippen LogP contribution in [0.2, 0.25) is 0 Å². The number of thiocarbonyl (C=S) groups is 1. The summed E-state index contributed by atoms with van der Waals surface area (Å²) in [6.07, 6.45) is 2.41. The first kappa shape index (κ1) is 12.3. The van der Waals surface area contributed by atoms with Crippen molar-refractivity contribution in [1.29, 1.82) is 0 Å². The standard InChI is InChI=1S/C12H15FN2OS/c13-9-3-1-4-10(7-9)15-12(17)14-8-11-5-2-6-16-11/h1,3-4,7,11H,2,5-6,8H2,(H2,14,15,17)/t11-/m0/s1. The average molecular weight is 254 g/mol. The summed E-state index contributed by atoms with van der Waals surface area (Å²) in [5.74, 6) is -0.281. The van der Waals surface area contributed by atoms with Crippen molar-refractivity contribution in [2.75, 3.05) is 18.5 Å². The number of halogens is 1. The summed E-state index contributed by atoms with van der Waals surface area (Å²) in [5.41, 5.74) is 0.648. The van der Waals surface area contributed by atoms with Crippen LogP contribution in [0.4, 0.5) is 10.1 Å². The molecule has 0 aliphatic carbocycles. The van der Waals surface area contributed by atoms with Gasteiger partial charge in [0.05, 0.1) is 6.10 Å². The first-order valence-electron chi connectivity index (χ1n) is 5.66. The van der Waals surface area contributed by atoms with Crippen LogP contribution in [0.3, 0.4) is 0 Å². The summed E-state index contributed by atoms with van der Waals surface area (Å²) in [4.78, 5) is 0. The molecule has 3 nitrogen and oxygen atoms in total. The lowest BCUT2D eigenvalue weighted by molar-refractivity contribution is 0.114. The second kappa shape index (κ2) is 5.93. The fraction of sp³-hybridized carbons (Fsp3) is 0.417. The maximum absolute atomic E-state index is 12.9. The van der Waals surface area contributed by atoms with Crippen molar-refractivity contribution in [1.82, 2.24) is 5.32 Å². The number of rotatable bonds is 3. The molecule has 1 saturated heterocycles. The number of hydrogen-bond acceptors (Lipinski definition) is 2. The Bertz CT molecular complexity index is 394.